The normalized spacial score (nSPS) is 20.9. The van der Waals surface area contributed by atoms with Gasteiger partial charge >= 0.3 is 0 Å². The van der Waals surface area contributed by atoms with Crippen molar-refractivity contribution in [2.75, 3.05) is 19.5 Å². The van der Waals surface area contributed by atoms with E-state index in [1.165, 1.54) is 19.3 Å². The minimum absolute atomic E-state index is 0.385. The second-order valence-corrected chi connectivity index (χ2v) is 7.82. The number of rotatable bonds is 4. The van der Waals surface area contributed by atoms with Crippen LogP contribution in [0.1, 0.15) is 47.0 Å². The van der Waals surface area contributed by atoms with Crippen LogP contribution in [0.4, 0.5) is 5.69 Å². The Morgan fingerprint density at radius 2 is 1.52 bits per heavy atom. The lowest BCUT2D eigenvalue weighted by atomic mass is 9.63. The van der Waals surface area contributed by atoms with E-state index in [1.54, 1.807) is 14.2 Å². The lowest BCUT2D eigenvalue weighted by molar-refractivity contribution is 0.105. The van der Waals surface area contributed by atoms with Gasteiger partial charge in [-0.05, 0) is 42.2 Å². The van der Waals surface area contributed by atoms with E-state index in [0.717, 1.165) is 17.2 Å². The minimum atomic E-state index is 0.385. The molecule has 0 saturated heterocycles. The number of hydrogen-bond donors (Lipinski definition) is 1. The van der Waals surface area contributed by atoms with Crippen LogP contribution >= 0.6 is 0 Å². The maximum absolute atomic E-state index is 5.38. The number of methoxy groups -OCH3 is 2. The van der Waals surface area contributed by atoms with Gasteiger partial charge in [0.2, 0.25) is 0 Å². The summed E-state index contributed by atoms with van der Waals surface area (Å²) in [4.78, 5) is 0. The van der Waals surface area contributed by atoms with E-state index < -0.39 is 0 Å². The zero-order valence-electron chi connectivity index (χ0n) is 14.2. The van der Waals surface area contributed by atoms with Gasteiger partial charge in [-0.3, -0.25) is 0 Å². The molecule has 2 rings (SSSR count). The van der Waals surface area contributed by atoms with E-state index in [4.69, 9.17) is 9.47 Å². The Morgan fingerprint density at radius 1 is 0.952 bits per heavy atom. The van der Waals surface area contributed by atoms with Crippen LogP contribution in [0.15, 0.2) is 18.2 Å². The molecule has 0 amide bonds. The molecule has 21 heavy (non-hydrogen) atoms. The standard InChI is InChI=1S/C18H29NO2/c1-17(2)10-14(11-18(3,4)12-17)19-13-7-8-15(20-5)16(9-13)21-6/h7-9,14,19H,10-12H2,1-6H3. The summed E-state index contributed by atoms with van der Waals surface area (Å²) in [7, 11) is 3.34. The summed E-state index contributed by atoms with van der Waals surface area (Å²) in [5.74, 6) is 1.55. The molecule has 1 aromatic carbocycles. The van der Waals surface area contributed by atoms with Crippen LogP contribution < -0.4 is 14.8 Å². The van der Waals surface area contributed by atoms with E-state index in [1.807, 2.05) is 12.1 Å². The predicted molar refractivity (Wildman–Crippen MR) is 88.4 cm³/mol. The summed E-state index contributed by atoms with van der Waals surface area (Å²) in [6.45, 7) is 9.49. The van der Waals surface area contributed by atoms with Crippen LogP contribution in [0.3, 0.4) is 0 Å². The third-order valence-corrected chi connectivity index (χ3v) is 4.31. The van der Waals surface area contributed by atoms with Crippen molar-refractivity contribution in [3.63, 3.8) is 0 Å². The molecule has 1 fully saturated rings. The van der Waals surface area contributed by atoms with Crippen molar-refractivity contribution < 1.29 is 9.47 Å². The first-order valence-corrected chi connectivity index (χ1v) is 7.73. The molecule has 0 unspecified atom stereocenters. The molecule has 1 aliphatic rings. The summed E-state index contributed by atoms with van der Waals surface area (Å²) in [6.07, 6.45) is 3.68. The lowest BCUT2D eigenvalue weighted by Crippen LogP contribution is -2.40. The summed E-state index contributed by atoms with van der Waals surface area (Å²) in [5, 5.41) is 3.68. The van der Waals surface area contributed by atoms with E-state index in [-0.39, 0.29) is 0 Å². The van der Waals surface area contributed by atoms with Gasteiger partial charge in [0, 0.05) is 17.8 Å². The van der Waals surface area contributed by atoms with Gasteiger partial charge in [0.05, 0.1) is 14.2 Å². The van der Waals surface area contributed by atoms with Gasteiger partial charge in [0.1, 0.15) is 0 Å². The topological polar surface area (TPSA) is 30.5 Å². The van der Waals surface area contributed by atoms with E-state index in [0.29, 0.717) is 16.9 Å². The molecule has 0 radical (unpaired) electrons. The molecule has 0 spiro atoms. The third kappa shape index (κ3) is 4.05. The fourth-order valence-corrected chi connectivity index (χ4v) is 4.11. The number of anilines is 1. The fraction of sp³-hybridized carbons (Fsp3) is 0.667. The van der Waals surface area contributed by atoms with Gasteiger partial charge in [-0.1, -0.05) is 27.7 Å². The molecule has 3 nitrogen and oxygen atoms in total. The molecule has 1 saturated carbocycles. The zero-order valence-corrected chi connectivity index (χ0v) is 14.2. The Labute approximate surface area is 129 Å². The van der Waals surface area contributed by atoms with Crippen molar-refractivity contribution in [1.29, 1.82) is 0 Å². The average Bonchev–Trinajstić information content (AvgIpc) is 2.34. The van der Waals surface area contributed by atoms with Crippen molar-refractivity contribution >= 4 is 5.69 Å². The van der Waals surface area contributed by atoms with Gasteiger partial charge in [0.25, 0.3) is 0 Å². The van der Waals surface area contributed by atoms with Crippen LogP contribution in [0.25, 0.3) is 0 Å². The Morgan fingerprint density at radius 3 is 2.05 bits per heavy atom. The average molecular weight is 291 g/mol. The summed E-state index contributed by atoms with van der Waals surface area (Å²) < 4.78 is 10.7. The van der Waals surface area contributed by atoms with Crippen molar-refractivity contribution in [3.05, 3.63) is 18.2 Å². The van der Waals surface area contributed by atoms with Gasteiger partial charge < -0.3 is 14.8 Å². The number of ether oxygens (including phenoxy) is 2. The lowest BCUT2D eigenvalue weighted by Gasteiger charge is -2.45. The molecule has 0 heterocycles. The van der Waals surface area contributed by atoms with Crippen LogP contribution in [0.5, 0.6) is 11.5 Å². The Balaban J connectivity index is 2.14. The second-order valence-electron chi connectivity index (χ2n) is 7.82. The first-order valence-electron chi connectivity index (χ1n) is 7.73. The highest BCUT2D eigenvalue weighted by Gasteiger charge is 2.38. The first kappa shape index (κ1) is 16.0. The second kappa shape index (κ2) is 5.78. The number of benzene rings is 1. The van der Waals surface area contributed by atoms with Crippen molar-refractivity contribution in [1.82, 2.24) is 0 Å². The fourth-order valence-electron chi connectivity index (χ4n) is 4.11. The highest BCUT2D eigenvalue weighted by molar-refractivity contribution is 5.55. The molecule has 1 aliphatic carbocycles. The molecule has 0 aromatic heterocycles. The number of hydrogen-bond acceptors (Lipinski definition) is 3. The van der Waals surface area contributed by atoms with Crippen LogP contribution in [0.2, 0.25) is 0 Å². The largest absolute Gasteiger partial charge is 0.493 e. The summed E-state index contributed by atoms with van der Waals surface area (Å²) >= 11 is 0. The highest BCUT2D eigenvalue weighted by Crippen LogP contribution is 2.46. The molecule has 118 valence electrons. The van der Waals surface area contributed by atoms with E-state index in [2.05, 4.69) is 39.1 Å². The maximum Gasteiger partial charge on any atom is 0.162 e. The zero-order chi connectivity index (χ0) is 15.7. The van der Waals surface area contributed by atoms with Gasteiger partial charge in [-0.2, -0.15) is 0 Å². The highest BCUT2D eigenvalue weighted by atomic mass is 16.5. The Kier molecular flexibility index (Phi) is 4.40. The third-order valence-electron chi connectivity index (χ3n) is 4.31. The van der Waals surface area contributed by atoms with Crippen LogP contribution in [-0.2, 0) is 0 Å². The molecule has 3 heteroatoms. The van der Waals surface area contributed by atoms with Gasteiger partial charge in [-0.25, -0.2) is 0 Å². The van der Waals surface area contributed by atoms with E-state index in [9.17, 15) is 0 Å². The Bertz CT molecular complexity index is 478. The molecular weight excluding hydrogens is 262 g/mol. The van der Waals surface area contributed by atoms with Crippen LogP contribution in [0, 0.1) is 10.8 Å². The van der Waals surface area contributed by atoms with E-state index >= 15 is 0 Å². The molecule has 0 bridgehead atoms. The quantitative estimate of drug-likeness (QED) is 0.870. The molecule has 0 aliphatic heterocycles. The molecule has 1 aromatic rings. The molecule has 1 N–H and O–H groups in total. The van der Waals surface area contributed by atoms with Crippen molar-refractivity contribution in [2.45, 2.75) is 53.0 Å². The molecular formula is C18H29NO2. The van der Waals surface area contributed by atoms with Crippen molar-refractivity contribution in [3.8, 4) is 11.5 Å². The van der Waals surface area contributed by atoms with Gasteiger partial charge in [-0.15, -0.1) is 0 Å². The minimum Gasteiger partial charge on any atom is -0.493 e. The summed E-state index contributed by atoms with van der Waals surface area (Å²) in [6, 6.07) is 6.55. The maximum atomic E-state index is 5.38. The smallest absolute Gasteiger partial charge is 0.162 e. The number of nitrogens with one attached hydrogen (secondary N) is 1. The van der Waals surface area contributed by atoms with Crippen LogP contribution in [-0.4, -0.2) is 20.3 Å². The Hall–Kier alpha value is -1.38. The predicted octanol–water partition coefficient (Wildman–Crippen LogP) is 4.72. The monoisotopic (exact) mass is 291 g/mol. The summed E-state index contributed by atoms with van der Waals surface area (Å²) in [5.41, 5.74) is 1.87. The SMILES string of the molecule is COc1ccc(NC2CC(C)(C)CC(C)(C)C2)cc1OC. The first-order chi connectivity index (χ1) is 9.74. The van der Waals surface area contributed by atoms with Gasteiger partial charge in [0.15, 0.2) is 11.5 Å². The van der Waals surface area contributed by atoms with Crippen molar-refractivity contribution in [2.24, 2.45) is 10.8 Å². The molecule has 0 atom stereocenters.